The molecule has 2 aromatic heterocycles. The summed E-state index contributed by atoms with van der Waals surface area (Å²) in [6, 6.07) is 14.0. The van der Waals surface area contributed by atoms with Gasteiger partial charge in [-0.25, -0.2) is 4.98 Å². The van der Waals surface area contributed by atoms with Crippen molar-refractivity contribution in [2.45, 2.75) is 39.4 Å². The Bertz CT molecular complexity index is 1280. The minimum absolute atomic E-state index is 0.126. The van der Waals surface area contributed by atoms with Crippen LogP contribution in [0.3, 0.4) is 0 Å². The molecule has 2 heterocycles. The minimum atomic E-state index is -0.126. The van der Waals surface area contributed by atoms with E-state index in [0.717, 1.165) is 28.4 Å². The summed E-state index contributed by atoms with van der Waals surface area (Å²) in [4.78, 5) is 17.1. The molecule has 176 valence electrons. The van der Waals surface area contributed by atoms with Gasteiger partial charge in [-0.05, 0) is 69.2 Å². The highest BCUT2D eigenvalue weighted by molar-refractivity contribution is 7.99. The monoisotopic (exact) mass is 493 g/mol. The number of ether oxygens (including phenoxy) is 1. The maximum absolute atomic E-state index is 12.6. The van der Waals surface area contributed by atoms with Crippen LogP contribution in [0.2, 0.25) is 0 Å². The zero-order chi connectivity index (χ0) is 24.1. The molecule has 0 bridgehead atoms. The van der Waals surface area contributed by atoms with Gasteiger partial charge in [0.2, 0.25) is 5.91 Å². The molecule has 1 amide bonds. The lowest BCUT2D eigenvalue weighted by atomic mass is 10.1. The van der Waals surface area contributed by atoms with Crippen molar-refractivity contribution >= 4 is 34.1 Å². The standard InChI is InChI=1S/C25H27N5O2S2/c1-5-30-23(18-9-11-20(12-10-18)32-6-2)28-29-25(30)34-15-22(31)27-24-26-21(14-33-24)19-8-7-16(3)17(4)13-19/h7-14H,5-6,15H2,1-4H3,(H,26,27,31). The Kier molecular flexibility index (Phi) is 7.64. The summed E-state index contributed by atoms with van der Waals surface area (Å²) < 4.78 is 7.52. The van der Waals surface area contributed by atoms with Crippen LogP contribution in [0, 0.1) is 13.8 Å². The molecule has 0 aliphatic rings. The van der Waals surface area contributed by atoms with Gasteiger partial charge in [-0.15, -0.1) is 21.5 Å². The summed E-state index contributed by atoms with van der Waals surface area (Å²) in [6.07, 6.45) is 0. The molecule has 0 unspecified atom stereocenters. The van der Waals surface area contributed by atoms with Gasteiger partial charge in [-0.1, -0.05) is 23.9 Å². The molecule has 0 aliphatic carbocycles. The number of nitrogens with one attached hydrogen (secondary N) is 1. The highest BCUT2D eigenvalue weighted by Crippen LogP contribution is 2.28. The van der Waals surface area contributed by atoms with Crippen molar-refractivity contribution in [3.63, 3.8) is 0 Å². The molecule has 4 rings (SSSR count). The van der Waals surface area contributed by atoms with Crippen LogP contribution in [0.5, 0.6) is 5.75 Å². The topological polar surface area (TPSA) is 81.9 Å². The molecule has 0 atom stereocenters. The van der Waals surface area contributed by atoms with E-state index in [2.05, 4.69) is 52.5 Å². The Morgan fingerprint density at radius 3 is 2.53 bits per heavy atom. The molecule has 34 heavy (non-hydrogen) atoms. The fourth-order valence-corrected chi connectivity index (χ4v) is 4.95. The first-order valence-electron chi connectivity index (χ1n) is 11.1. The Hall–Kier alpha value is -3.17. The molecule has 0 radical (unpaired) electrons. The average molecular weight is 494 g/mol. The van der Waals surface area contributed by atoms with Crippen LogP contribution in [-0.2, 0) is 11.3 Å². The second-order valence-corrected chi connectivity index (χ2v) is 9.48. The zero-order valence-corrected chi connectivity index (χ0v) is 21.3. The summed E-state index contributed by atoms with van der Waals surface area (Å²) in [6.45, 7) is 9.49. The third kappa shape index (κ3) is 5.48. The summed E-state index contributed by atoms with van der Waals surface area (Å²) in [5, 5.41) is 14.8. The van der Waals surface area contributed by atoms with Crippen LogP contribution in [0.15, 0.2) is 53.0 Å². The molecule has 2 aromatic carbocycles. The van der Waals surface area contributed by atoms with Crippen molar-refractivity contribution in [3.05, 3.63) is 59.0 Å². The molecule has 0 fully saturated rings. The van der Waals surface area contributed by atoms with Gasteiger partial charge in [-0.3, -0.25) is 4.79 Å². The van der Waals surface area contributed by atoms with E-state index in [1.54, 1.807) is 0 Å². The molecule has 0 spiro atoms. The maximum Gasteiger partial charge on any atom is 0.236 e. The summed E-state index contributed by atoms with van der Waals surface area (Å²) in [5.74, 6) is 1.69. The molecule has 0 saturated carbocycles. The lowest BCUT2D eigenvalue weighted by Gasteiger charge is -2.08. The smallest absolute Gasteiger partial charge is 0.236 e. The Morgan fingerprint density at radius 2 is 1.82 bits per heavy atom. The fraction of sp³-hybridized carbons (Fsp3) is 0.280. The largest absolute Gasteiger partial charge is 0.494 e. The van der Waals surface area contributed by atoms with Crippen molar-refractivity contribution < 1.29 is 9.53 Å². The van der Waals surface area contributed by atoms with Gasteiger partial charge in [0.25, 0.3) is 0 Å². The predicted octanol–water partition coefficient (Wildman–Crippen LogP) is 5.83. The highest BCUT2D eigenvalue weighted by atomic mass is 32.2. The fourth-order valence-electron chi connectivity index (χ4n) is 3.41. The van der Waals surface area contributed by atoms with Crippen molar-refractivity contribution in [2.75, 3.05) is 17.7 Å². The van der Waals surface area contributed by atoms with E-state index in [-0.39, 0.29) is 11.7 Å². The predicted molar refractivity (Wildman–Crippen MR) is 139 cm³/mol. The van der Waals surface area contributed by atoms with Gasteiger partial charge in [-0.2, -0.15) is 0 Å². The van der Waals surface area contributed by atoms with Gasteiger partial charge in [0.1, 0.15) is 5.75 Å². The van der Waals surface area contributed by atoms with E-state index in [9.17, 15) is 4.79 Å². The van der Waals surface area contributed by atoms with Crippen LogP contribution in [-0.4, -0.2) is 38.0 Å². The third-order valence-electron chi connectivity index (χ3n) is 5.34. The molecular formula is C25H27N5O2S2. The molecule has 9 heteroatoms. The summed E-state index contributed by atoms with van der Waals surface area (Å²) in [5.41, 5.74) is 5.33. The molecule has 7 nitrogen and oxygen atoms in total. The second kappa shape index (κ2) is 10.8. The minimum Gasteiger partial charge on any atom is -0.494 e. The molecule has 4 aromatic rings. The van der Waals surface area contributed by atoms with E-state index in [4.69, 9.17) is 4.74 Å². The number of carbonyl (C=O) groups excluding carboxylic acids is 1. The number of aryl methyl sites for hydroxylation is 2. The first-order chi connectivity index (χ1) is 16.5. The third-order valence-corrected chi connectivity index (χ3v) is 7.07. The lowest BCUT2D eigenvalue weighted by molar-refractivity contribution is -0.113. The van der Waals surface area contributed by atoms with Gasteiger partial charge < -0.3 is 14.6 Å². The zero-order valence-electron chi connectivity index (χ0n) is 19.7. The number of hydrogen-bond donors (Lipinski definition) is 1. The summed E-state index contributed by atoms with van der Waals surface area (Å²) >= 11 is 2.78. The van der Waals surface area contributed by atoms with Crippen molar-refractivity contribution in [3.8, 4) is 28.4 Å². The Balaban J connectivity index is 1.39. The van der Waals surface area contributed by atoms with Crippen molar-refractivity contribution in [1.82, 2.24) is 19.7 Å². The normalized spacial score (nSPS) is 10.9. The number of nitrogens with zero attached hydrogens (tertiary/aromatic N) is 4. The molecule has 0 saturated heterocycles. The number of aromatic nitrogens is 4. The van der Waals surface area contributed by atoms with Gasteiger partial charge in [0.15, 0.2) is 16.1 Å². The summed E-state index contributed by atoms with van der Waals surface area (Å²) in [7, 11) is 0. The van der Waals surface area contributed by atoms with E-state index >= 15 is 0 Å². The van der Waals surface area contributed by atoms with Gasteiger partial charge >= 0.3 is 0 Å². The van der Waals surface area contributed by atoms with Crippen LogP contribution >= 0.6 is 23.1 Å². The molecular weight excluding hydrogens is 466 g/mol. The average Bonchev–Trinajstić information content (AvgIpc) is 3.47. The number of anilines is 1. The van der Waals surface area contributed by atoms with Gasteiger partial charge in [0, 0.05) is 23.1 Å². The van der Waals surface area contributed by atoms with Crippen LogP contribution < -0.4 is 10.1 Å². The SMILES string of the molecule is CCOc1ccc(-c2nnc(SCC(=O)Nc3nc(-c4ccc(C)c(C)c4)cs3)n2CC)cc1. The first-order valence-corrected chi connectivity index (χ1v) is 13.0. The first kappa shape index (κ1) is 24.0. The van der Waals surface area contributed by atoms with Crippen LogP contribution in [0.1, 0.15) is 25.0 Å². The quantitative estimate of drug-likeness (QED) is 0.295. The van der Waals surface area contributed by atoms with Crippen molar-refractivity contribution in [1.29, 1.82) is 0 Å². The number of carbonyl (C=O) groups is 1. The highest BCUT2D eigenvalue weighted by Gasteiger charge is 2.16. The Labute approximate surface area is 207 Å². The number of thioether (sulfide) groups is 1. The molecule has 0 aliphatic heterocycles. The van der Waals surface area contributed by atoms with Crippen LogP contribution in [0.25, 0.3) is 22.6 Å². The van der Waals surface area contributed by atoms with Crippen LogP contribution in [0.4, 0.5) is 5.13 Å². The number of hydrogen-bond acceptors (Lipinski definition) is 7. The van der Waals surface area contributed by atoms with Crippen molar-refractivity contribution in [2.24, 2.45) is 0 Å². The van der Waals surface area contributed by atoms with E-state index in [0.29, 0.717) is 23.4 Å². The number of amides is 1. The van der Waals surface area contributed by atoms with E-state index in [1.165, 1.54) is 34.2 Å². The Morgan fingerprint density at radius 1 is 1.06 bits per heavy atom. The number of rotatable bonds is 9. The number of benzene rings is 2. The second-order valence-electron chi connectivity index (χ2n) is 7.68. The number of thiazole rings is 1. The van der Waals surface area contributed by atoms with E-state index in [1.807, 2.05) is 48.1 Å². The maximum atomic E-state index is 12.6. The van der Waals surface area contributed by atoms with Gasteiger partial charge in [0.05, 0.1) is 18.1 Å². The van der Waals surface area contributed by atoms with E-state index < -0.39 is 0 Å². The molecule has 1 N–H and O–H groups in total. The lowest BCUT2D eigenvalue weighted by Crippen LogP contribution is -2.14.